The second-order valence-electron chi connectivity index (χ2n) is 4.99. The van der Waals surface area contributed by atoms with E-state index in [1.54, 1.807) is 6.07 Å². The zero-order chi connectivity index (χ0) is 14.9. The van der Waals surface area contributed by atoms with Crippen LogP contribution in [-0.4, -0.2) is 37.4 Å². The average molecular weight is 300 g/mol. The highest BCUT2D eigenvalue weighted by atomic mass is 19.4. The molecule has 21 heavy (non-hydrogen) atoms. The minimum absolute atomic E-state index is 0.232. The Hall–Kier alpha value is -1.73. The number of piperazine rings is 1. The molecule has 1 aromatic carbocycles. The predicted molar refractivity (Wildman–Crippen MR) is 71.0 cm³/mol. The van der Waals surface area contributed by atoms with Crippen molar-refractivity contribution in [3.05, 3.63) is 30.0 Å². The van der Waals surface area contributed by atoms with Gasteiger partial charge >= 0.3 is 6.36 Å². The highest BCUT2D eigenvalue weighted by Gasteiger charge is 2.31. The summed E-state index contributed by atoms with van der Waals surface area (Å²) in [7, 11) is 0. The number of fused-ring (bicyclic) bond motifs is 1. The third-order valence-corrected chi connectivity index (χ3v) is 3.36. The first-order chi connectivity index (χ1) is 9.99. The lowest BCUT2D eigenvalue weighted by molar-refractivity contribution is -0.274. The van der Waals surface area contributed by atoms with E-state index in [9.17, 15) is 13.2 Å². The number of rotatable bonds is 3. The molecule has 7 heteroatoms. The van der Waals surface area contributed by atoms with E-state index in [2.05, 4.69) is 15.0 Å². The van der Waals surface area contributed by atoms with Crippen molar-refractivity contribution in [1.29, 1.82) is 0 Å². The van der Waals surface area contributed by atoms with E-state index in [1.165, 1.54) is 18.2 Å². The molecule has 0 spiro atoms. The van der Waals surface area contributed by atoms with Crippen LogP contribution in [0.5, 0.6) is 5.75 Å². The van der Waals surface area contributed by atoms with Crippen molar-refractivity contribution in [3.63, 3.8) is 0 Å². The molecule has 1 fully saturated rings. The zero-order valence-electron chi connectivity index (χ0n) is 11.2. The van der Waals surface area contributed by atoms with Gasteiger partial charge < -0.3 is 14.5 Å². The van der Waals surface area contributed by atoms with E-state index in [4.69, 9.17) is 4.42 Å². The molecule has 2 aromatic rings. The first-order valence-electron chi connectivity index (χ1n) is 6.71. The van der Waals surface area contributed by atoms with Crippen LogP contribution in [0.3, 0.4) is 0 Å². The third kappa shape index (κ3) is 3.68. The molecule has 1 aliphatic rings. The van der Waals surface area contributed by atoms with Crippen LogP contribution in [0.1, 0.15) is 5.76 Å². The smallest absolute Gasteiger partial charge is 0.460 e. The van der Waals surface area contributed by atoms with E-state index < -0.39 is 6.36 Å². The molecule has 1 N–H and O–H groups in total. The second kappa shape index (κ2) is 5.57. The lowest BCUT2D eigenvalue weighted by Crippen LogP contribution is -2.42. The molecular weight excluding hydrogens is 285 g/mol. The number of alkyl halides is 3. The van der Waals surface area contributed by atoms with E-state index >= 15 is 0 Å². The number of ether oxygens (including phenoxy) is 1. The molecule has 1 saturated heterocycles. The molecule has 0 aliphatic carbocycles. The summed E-state index contributed by atoms with van der Waals surface area (Å²) in [4.78, 5) is 2.24. The van der Waals surface area contributed by atoms with Gasteiger partial charge in [0.25, 0.3) is 0 Å². The Morgan fingerprint density at radius 2 is 1.95 bits per heavy atom. The molecule has 4 nitrogen and oxygen atoms in total. The van der Waals surface area contributed by atoms with Crippen molar-refractivity contribution in [2.75, 3.05) is 26.2 Å². The van der Waals surface area contributed by atoms with E-state index in [0.717, 1.165) is 31.9 Å². The summed E-state index contributed by atoms with van der Waals surface area (Å²) in [5, 5.41) is 3.87. The number of benzene rings is 1. The summed E-state index contributed by atoms with van der Waals surface area (Å²) in [5.74, 6) is 0.514. The molecule has 1 aliphatic heterocycles. The van der Waals surface area contributed by atoms with Gasteiger partial charge in [0, 0.05) is 31.6 Å². The summed E-state index contributed by atoms with van der Waals surface area (Å²) >= 11 is 0. The monoisotopic (exact) mass is 300 g/mol. The first kappa shape index (κ1) is 14.2. The van der Waals surface area contributed by atoms with Crippen molar-refractivity contribution >= 4 is 11.0 Å². The number of halogens is 3. The first-order valence-corrected chi connectivity index (χ1v) is 6.71. The van der Waals surface area contributed by atoms with Gasteiger partial charge in [0.1, 0.15) is 17.1 Å². The molecule has 0 saturated carbocycles. The third-order valence-electron chi connectivity index (χ3n) is 3.36. The molecule has 114 valence electrons. The van der Waals surface area contributed by atoms with E-state index in [1.807, 2.05) is 0 Å². The second-order valence-corrected chi connectivity index (χ2v) is 4.99. The predicted octanol–water partition coefficient (Wildman–Crippen LogP) is 2.74. The van der Waals surface area contributed by atoms with Gasteiger partial charge in [-0.1, -0.05) is 0 Å². The topological polar surface area (TPSA) is 37.6 Å². The standard InChI is InChI=1S/C14H15F3N2O2/c15-14(16,17)21-11-1-2-13-10(7-11)8-12(20-13)9-19-5-3-18-4-6-19/h1-2,7-8,18H,3-6,9H2. The number of nitrogens with one attached hydrogen (secondary N) is 1. The number of hydrogen-bond donors (Lipinski definition) is 1. The summed E-state index contributed by atoms with van der Waals surface area (Å²) in [5.41, 5.74) is 0.564. The normalized spacial score (nSPS) is 17.3. The fraction of sp³-hybridized carbons (Fsp3) is 0.429. The van der Waals surface area contributed by atoms with Crippen molar-refractivity contribution in [1.82, 2.24) is 10.2 Å². The van der Waals surface area contributed by atoms with Crippen molar-refractivity contribution in [2.24, 2.45) is 0 Å². The molecule has 0 atom stereocenters. The molecule has 1 aromatic heterocycles. The minimum Gasteiger partial charge on any atom is -0.460 e. The maximum atomic E-state index is 12.2. The van der Waals surface area contributed by atoms with Gasteiger partial charge in [0.05, 0.1) is 6.54 Å². The Morgan fingerprint density at radius 3 is 2.67 bits per heavy atom. The van der Waals surface area contributed by atoms with Gasteiger partial charge in [0.15, 0.2) is 0 Å². The molecule has 0 bridgehead atoms. The fourth-order valence-electron chi connectivity index (χ4n) is 2.44. The van der Waals surface area contributed by atoms with Crippen LogP contribution in [0.25, 0.3) is 11.0 Å². The SMILES string of the molecule is FC(F)(F)Oc1ccc2oc(CN3CCNCC3)cc2c1. The van der Waals surface area contributed by atoms with Crippen molar-refractivity contribution < 1.29 is 22.3 Å². The summed E-state index contributed by atoms with van der Waals surface area (Å²) < 4.78 is 46.2. The Kier molecular flexibility index (Phi) is 3.77. The van der Waals surface area contributed by atoms with Crippen LogP contribution in [0.15, 0.2) is 28.7 Å². The van der Waals surface area contributed by atoms with E-state index in [-0.39, 0.29) is 5.75 Å². The number of furan rings is 1. The lowest BCUT2D eigenvalue weighted by Gasteiger charge is -2.26. The Labute approximate surface area is 119 Å². The van der Waals surface area contributed by atoms with Crippen molar-refractivity contribution in [3.8, 4) is 5.75 Å². The number of nitrogens with zero attached hydrogens (tertiary/aromatic N) is 1. The minimum atomic E-state index is -4.68. The molecule has 3 rings (SSSR count). The van der Waals surface area contributed by atoms with E-state index in [0.29, 0.717) is 17.5 Å². The van der Waals surface area contributed by atoms with Crippen LogP contribution >= 0.6 is 0 Å². The molecule has 0 unspecified atom stereocenters. The summed E-state index contributed by atoms with van der Waals surface area (Å²) in [6, 6.07) is 5.86. The fourth-order valence-corrected chi connectivity index (χ4v) is 2.44. The van der Waals surface area contributed by atoms with Crippen LogP contribution in [0.2, 0.25) is 0 Å². The van der Waals surface area contributed by atoms with Gasteiger partial charge in [-0.25, -0.2) is 0 Å². The summed E-state index contributed by atoms with van der Waals surface area (Å²) in [6.07, 6.45) is -4.68. The molecular formula is C14H15F3N2O2. The van der Waals surface area contributed by atoms with Crippen LogP contribution in [0.4, 0.5) is 13.2 Å². The van der Waals surface area contributed by atoms with Gasteiger partial charge in [-0.05, 0) is 24.3 Å². The Bertz CT molecular complexity index is 618. The van der Waals surface area contributed by atoms with Gasteiger partial charge in [-0.2, -0.15) is 0 Å². The quantitative estimate of drug-likeness (QED) is 0.946. The number of hydrogen-bond acceptors (Lipinski definition) is 4. The maximum Gasteiger partial charge on any atom is 0.573 e. The Morgan fingerprint density at radius 1 is 1.19 bits per heavy atom. The average Bonchev–Trinajstić information content (AvgIpc) is 2.79. The van der Waals surface area contributed by atoms with Gasteiger partial charge in [0.2, 0.25) is 0 Å². The highest BCUT2D eigenvalue weighted by molar-refractivity contribution is 5.79. The van der Waals surface area contributed by atoms with Crippen molar-refractivity contribution in [2.45, 2.75) is 12.9 Å². The van der Waals surface area contributed by atoms with Gasteiger partial charge in [-0.15, -0.1) is 13.2 Å². The maximum absolute atomic E-state index is 12.2. The molecule has 2 heterocycles. The zero-order valence-corrected chi connectivity index (χ0v) is 11.2. The highest BCUT2D eigenvalue weighted by Crippen LogP contribution is 2.28. The van der Waals surface area contributed by atoms with Crippen LogP contribution < -0.4 is 10.1 Å². The van der Waals surface area contributed by atoms with Crippen LogP contribution in [0, 0.1) is 0 Å². The molecule has 0 amide bonds. The largest absolute Gasteiger partial charge is 0.573 e. The van der Waals surface area contributed by atoms with Gasteiger partial charge in [-0.3, -0.25) is 4.90 Å². The molecule has 0 radical (unpaired) electrons. The lowest BCUT2D eigenvalue weighted by atomic mass is 10.2. The summed E-state index contributed by atoms with van der Waals surface area (Å²) in [6.45, 7) is 4.39. The van der Waals surface area contributed by atoms with Crippen LogP contribution in [-0.2, 0) is 6.54 Å². The Balaban J connectivity index is 1.76.